The number of carbonyl (C=O) groups excluding carboxylic acids is 2. The molecular formula is C31H38N2O11. The van der Waals surface area contributed by atoms with Gasteiger partial charge in [0.15, 0.2) is 0 Å². The van der Waals surface area contributed by atoms with Crippen LogP contribution in [0.5, 0.6) is 11.6 Å². The molecule has 238 valence electrons. The average molecular weight is 615 g/mol. The minimum Gasteiger partial charge on any atom is -0.491 e. The highest BCUT2D eigenvalue weighted by molar-refractivity contribution is 5.71. The third-order valence-electron chi connectivity index (χ3n) is 6.78. The molecule has 1 aliphatic heterocycles. The monoisotopic (exact) mass is 614 g/mol. The standard InChI is InChI=1S/C31H38N2O11/c1-5-39-31(38)41-17-24-25(34)26(35)27(36)29(43-24)44-28-23(15-20-11-13-22(14-12-20)42-18(2)3)19(4)33(32-28)30(37)40-16-21-9-7-6-8-10-21/h6-14,18,24-27,29,34-36H,5,15-17H2,1-4H3/t24-,25-,26+,27-,29?/m1/s1. The van der Waals surface area contributed by atoms with Crippen LogP contribution in [0.2, 0.25) is 0 Å². The highest BCUT2D eigenvalue weighted by Gasteiger charge is 2.46. The minimum atomic E-state index is -1.71. The Bertz CT molecular complexity index is 1380. The molecule has 2 aromatic carbocycles. The van der Waals surface area contributed by atoms with Crippen molar-refractivity contribution in [3.8, 4) is 11.6 Å². The molecule has 1 fully saturated rings. The van der Waals surface area contributed by atoms with Gasteiger partial charge in [-0.3, -0.25) is 0 Å². The van der Waals surface area contributed by atoms with Gasteiger partial charge in [0.25, 0.3) is 0 Å². The van der Waals surface area contributed by atoms with Gasteiger partial charge in [0.05, 0.1) is 18.4 Å². The van der Waals surface area contributed by atoms with Crippen molar-refractivity contribution in [2.45, 2.75) is 77.5 Å². The number of aromatic nitrogens is 2. The zero-order chi connectivity index (χ0) is 31.8. The Morgan fingerprint density at radius 3 is 2.30 bits per heavy atom. The van der Waals surface area contributed by atoms with Crippen molar-refractivity contribution in [2.24, 2.45) is 0 Å². The fourth-order valence-corrected chi connectivity index (χ4v) is 4.50. The lowest BCUT2D eigenvalue weighted by Crippen LogP contribution is -2.60. The van der Waals surface area contributed by atoms with E-state index in [0.717, 1.165) is 15.8 Å². The second kappa shape index (κ2) is 15.0. The van der Waals surface area contributed by atoms with E-state index in [4.69, 9.17) is 28.4 Å². The number of hydrogen-bond acceptors (Lipinski definition) is 12. The van der Waals surface area contributed by atoms with Crippen LogP contribution < -0.4 is 9.47 Å². The van der Waals surface area contributed by atoms with Crippen LogP contribution in [-0.4, -0.2) is 87.4 Å². The van der Waals surface area contributed by atoms with Gasteiger partial charge in [0.2, 0.25) is 12.2 Å². The summed E-state index contributed by atoms with van der Waals surface area (Å²) in [5, 5.41) is 36.0. The van der Waals surface area contributed by atoms with Gasteiger partial charge in [0.1, 0.15) is 43.4 Å². The second-order valence-electron chi connectivity index (χ2n) is 10.4. The van der Waals surface area contributed by atoms with Crippen LogP contribution in [0.1, 0.15) is 43.2 Å². The largest absolute Gasteiger partial charge is 0.508 e. The molecule has 4 rings (SSSR count). The summed E-state index contributed by atoms with van der Waals surface area (Å²) in [6.07, 6.45) is -9.31. The normalized spacial score (nSPS) is 21.5. The van der Waals surface area contributed by atoms with Crippen molar-refractivity contribution in [3.05, 3.63) is 77.0 Å². The number of carbonyl (C=O) groups is 2. The quantitative estimate of drug-likeness (QED) is 0.270. The number of aliphatic hydroxyl groups excluding tert-OH is 3. The van der Waals surface area contributed by atoms with E-state index in [-0.39, 0.29) is 31.6 Å². The van der Waals surface area contributed by atoms with E-state index in [1.54, 1.807) is 13.8 Å². The van der Waals surface area contributed by atoms with E-state index < -0.39 is 49.6 Å². The highest BCUT2D eigenvalue weighted by Crippen LogP contribution is 2.30. The van der Waals surface area contributed by atoms with E-state index in [2.05, 4.69) is 5.10 Å². The van der Waals surface area contributed by atoms with Crippen LogP contribution in [0, 0.1) is 6.92 Å². The first-order valence-corrected chi connectivity index (χ1v) is 14.3. The predicted molar refractivity (Wildman–Crippen MR) is 154 cm³/mol. The van der Waals surface area contributed by atoms with E-state index in [9.17, 15) is 24.9 Å². The summed E-state index contributed by atoms with van der Waals surface area (Å²) < 4.78 is 33.5. The first-order valence-electron chi connectivity index (χ1n) is 14.3. The Kier molecular flexibility index (Phi) is 11.2. The summed E-state index contributed by atoms with van der Waals surface area (Å²) in [7, 11) is 0. The Hall–Kier alpha value is -4.17. The molecule has 0 bridgehead atoms. The van der Waals surface area contributed by atoms with Crippen LogP contribution >= 0.6 is 0 Å². The van der Waals surface area contributed by atoms with E-state index >= 15 is 0 Å². The van der Waals surface area contributed by atoms with Gasteiger partial charge in [-0.25, -0.2) is 9.59 Å². The fourth-order valence-electron chi connectivity index (χ4n) is 4.50. The van der Waals surface area contributed by atoms with Crippen molar-refractivity contribution in [1.82, 2.24) is 9.78 Å². The summed E-state index contributed by atoms with van der Waals surface area (Å²) in [6, 6.07) is 16.5. The maximum absolute atomic E-state index is 13.1. The highest BCUT2D eigenvalue weighted by atomic mass is 16.7. The molecule has 1 unspecified atom stereocenters. The summed E-state index contributed by atoms with van der Waals surface area (Å²) in [5.41, 5.74) is 2.52. The number of ether oxygens (including phenoxy) is 6. The second-order valence-corrected chi connectivity index (χ2v) is 10.4. The van der Waals surface area contributed by atoms with Gasteiger partial charge < -0.3 is 43.7 Å². The molecule has 1 saturated heterocycles. The molecule has 13 nitrogen and oxygen atoms in total. The topological polar surface area (TPSA) is 168 Å². The van der Waals surface area contributed by atoms with Crippen molar-refractivity contribution < 1.29 is 53.3 Å². The molecule has 0 radical (unpaired) electrons. The SMILES string of the molecule is CCOC(=O)OC[C@H]1OC(Oc2nn(C(=O)OCc3ccccc3)c(C)c2Cc2ccc(OC(C)C)cc2)[C@H](O)[C@@H](O)[C@@H]1O. The molecule has 0 spiro atoms. The fraction of sp³-hybridized carbons (Fsp3) is 0.452. The summed E-state index contributed by atoms with van der Waals surface area (Å²) in [5.74, 6) is 0.624. The third kappa shape index (κ3) is 8.26. The molecule has 1 aliphatic rings. The van der Waals surface area contributed by atoms with Crippen LogP contribution in [0.25, 0.3) is 0 Å². The van der Waals surface area contributed by atoms with Gasteiger partial charge in [-0.2, -0.15) is 4.68 Å². The number of hydrogen-bond donors (Lipinski definition) is 3. The molecule has 3 aromatic rings. The summed E-state index contributed by atoms with van der Waals surface area (Å²) >= 11 is 0. The Morgan fingerprint density at radius 1 is 0.932 bits per heavy atom. The van der Waals surface area contributed by atoms with Gasteiger partial charge in [0, 0.05) is 12.0 Å². The maximum Gasteiger partial charge on any atom is 0.508 e. The lowest BCUT2D eigenvalue weighted by molar-refractivity contribution is -0.278. The van der Waals surface area contributed by atoms with Crippen molar-refractivity contribution in [1.29, 1.82) is 0 Å². The molecule has 5 atom stereocenters. The number of benzene rings is 2. The zero-order valence-electron chi connectivity index (χ0n) is 25.0. The first-order chi connectivity index (χ1) is 21.1. The lowest BCUT2D eigenvalue weighted by Gasteiger charge is -2.39. The first kappa shape index (κ1) is 32.7. The molecule has 0 amide bonds. The summed E-state index contributed by atoms with van der Waals surface area (Å²) in [6.45, 7) is 6.73. The predicted octanol–water partition coefficient (Wildman–Crippen LogP) is 3.11. The van der Waals surface area contributed by atoms with Crippen LogP contribution in [0.3, 0.4) is 0 Å². The Balaban J connectivity index is 1.59. The molecule has 13 heteroatoms. The van der Waals surface area contributed by atoms with Gasteiger partial charge in [-0.1, -0.05) is 42.5 Å². The Labute approximate surface area is 254 Å². The molecule has 1 aromatic heterocycles. The van der Waals surface area contributed by atoms with Gasteiger partial charge in [-0.05, 0) is 51.0 Å². The van der Waals surface area contributed by atoms with Crippen molar-refractivity contribution in [2.75, 3.05) is 13.2 Å². The third-order valence-corrected chi connectivity index (χ3v) is 6.78. The number of rotatable bonds is 11. The van der Waals surface area contributed by atoms with E-state index in [1.807, 2.05) is 68.4 Å². The maximum atomic E-state index is 13.1. The van der Waals surface area contributed by atoms with E-state index in [1.165, 1.54) is 0 Å². The molecule has 0 saturated carbocycles. The zero-order valence-corrected chi connectivity index (χ0v) is 25.0. The molecule has 2 heterocycles. The van der Waals surface area contributed by atoms with Crippen LogP contribution in [0.4, 0.5) is 9.59 Å². The Morgan fingerprint density at radius 2 is 1.64 bits per heavy atom. The molecule has 3 N–H and O–H groups in total. The molecule has 0 aliphatic carbocycles. The average Bonchev–Trinajstić information content (AvgIpc) is 3.31. The van der Waals surface area contributed by atoms with E-state index in [0.29, 0.717) is 17.0 Å². The van der Waals surface area contributed by atoms with Crippen LogP contribution in [-0.2, 0) is 32.0 Å². The van der Waals surface area contributed by atoms with Crippen molar-refractivity contribution in [3.63, 3.8) is 0 Å². The smallest absolute Gasteiger partial charge is 0.491 e. The van der Waals surface area contributed by atoms with Gasteiger partial charge >= 0.3 is 12.2 Å². The van der Waals surface area contributed by atoms with Gasteiger partial charge in [-0.15, -0.1) is 5.10 Å². The number of nitrogens with zero attached hydrogens (tertiary/aromatic N) is 2. The number of aliphatic hydroxyl groups is 3. The molecule has 44 heavy (non-hydrogen) atoms. The lowest BCUT2D eigenvalue weighted by atomic mass is 9.99. The minimum absolute atomic E-state index is 0.00512. The molecular weight excluding hydrogens is 576 g/mol. The summed E-state index contributed by atoms with van der Waals surface area (Å²) in [4.78, 5) is 24.8. The van der Waals surface area contributed by atoms with Crippen molar-refractivity contribution >= 4 is 12.2 Å². The van der Waals surface area contributed by atoms with Crippen LogP contribution in [0.15, 0.2) is 54.6 Å².